The van der Waals surface area contributed by atoms with Crippen molar-refractivity contribution in [2.24, 2.45) is 5.92 Å². The second kappa shape index (κ2) is 7.72. The molecule has 1 fully saturated rings. The number of piperidine rings is 1. The number of nitrogens with zero attached hydrogens (tertiary/aromatic N) is 2. The van der Waals surface area contributed by atoms with Crippen molar-refractivity contribution in [2.45, 2.75) is 18.3 Å². The molecule has 3 rings (SSSR count). The van der Waals surface area contributed by atoms with Crippen LogP contribution in [0.3, 0.4) is 0 Å². The molecule has 0 saturated carbocycles. The Balaban J connectivity index is 1.52. The van der Waals surface area contributed by atoms with Crippen LogP contribution in [-0.4, -0.2) is 42.8 Å². The number of anilines is 1. The minimum atomic E-state index is -5.25. The predicted octanol–water partition coefficient (Wildman–Crippen LogP) is 3.92. The van der Waals surface area contributed by atoms with Crippen molar-refractivity contribution in [1.29, 1.82) is 0 Å². The largest absolute Gasteiger partial charge is 0.511 e. The molecule has 0 radical (unpaired) electrons. The first-order valence-electron chi connectivity index (χ1n) is 8.18. The highest BCUT2D eigenvalue weighted by molar-refractivity contribution is 7.90. The van der Waals surface area contributed by atoms with Crippen LogP contribution >= 0.6 is 11.3 Å². The average molecular weight is 423 g/mol. The van der Waals surface area contributed by atoms with Crippen molar-refractivity contribution in [1.82, 2.24) is 9.29 Å². The van der Waals surface area contributed by atoms with Gasteiger partial charge in [-0.2, -0.15) is 17.5 Å². The summed E-state index contributed by atoms with van der Waals surface area (Å²) in [5.41, 5.74) is -3.77. The van der Waals surface area contributed by atoms with Gasteiger partial charge in [-0.1, -0.05) is 0 Å². The van der Waals surface area contributed by atoms with Gasteiger partial charge in [0, 0.05) is 30.6 Å². The minimum absolute atomic E-state index is 0.0582. The smallest absolute Gasteiger partial charge is 0.361 e. The quantitative estimate of drug-likeness (QED) is 0.741. The molecule has 0 atom stereocenters. The molecule has 0 unspecified atom stereocenters. The van der Waals surface area contributed by atoms with Gasteiger partial charge in [-0.3, -0.25) is 0 Å². The summed E-state index contributed by atoms with van der Waals surface area (Å²) in [7, 11) is -5.24. The van der Waals surface area contributed by atoms with E-state index in [1.54, 1.807) is 12.1 Å². The highest BCUT2D eigenvalue weighted by Gasteiger charge is 2.50. The molecular weight excluding hydrogens is 406 g/mol. The van der Waals surface area contributed by atoms with E-state index < -0.39 is 15.5 Å². The third-order valence-corrected chi connectivity index (χ3v) is 6.82. The molecule has 1 aliphatic heterocycles. The summed E-state index contributed by atoms with van der Waals surface area (Å²) < 4.78 is 74.0. The van der Waals surface area contributed by atoms with Crippen molar-refractivity contribution in [3.63, 3.8) is 0 Å². The number of alkyl halides is 3. The molecule has 1 N–H and O–H groups in total. The van der Waals surface area contributed by atoms with Gasteiger partial charge < -0.3 is 5.32 Å². The molecule has 2 aromatic rings. The maximum absolute atomic E-state index is 13.0. The molecule has 1 aliphatic rings. The normalized spacial score (nSPS) is 17.2. The first kappa shape index (κ1) is 20.0. The average Bonchev–Trinajstić information content (AvgIpc) is 3.09. The zero-order chi connectivity index (χ0) is 19.7. The van der Waals surface area contributed by atoms with E-state index in [1.807, 2.05) is 5.38 Å². The highest BCUT2D eigenvalue weighted by atomic mass is 32.2. The van der Waals surface area contributed by atoms with E-state index in [1.165, 1.54) is 23.5 Å². The van der Waals surface area contributed by atoms with E-state index in [4.69, 9.17) is 0 Å². The van der Waals surface area contributed by atoms with Crippen molar-refractivity contribution in [2.75, 3.05) is 25.0 Å². The Morgan fingerprint density at radius 3 is 2.41 bits per heavy atom. The fourth-order valence-corrected chi connectivity index (χ4v) is 4.55. The SMILES string of the molecule is O=S(=O)(N1CCC(CNc2nc(-c3ccc(F)cc3)cs2)CC1)C(F)(F)F. The fourth-order valence-electron chi connectivity index (χ4n) is 2.84. The first-order valence-corrected chi connectivity index (χ1v) is 10.5. The van der Waals surface area contributed by atoms with Crippen molar-refractivity contribution < 1.29 is 26.0 Å². The van der Waals surface area contributed by atoms with Crippen LogP contribution < -0.4 is 5.32 Å². The second-order valence-electron chi connectivity index (χ2n) is 6.22. The summed E-state index contributed by atoms with van der Waals surface area (Å²) in [6.45, 7) is 0.204. The number of halogens is 4. The molecule has 1 saturated heterocycles. The van der Waals surface area contributed by atoms with Gasteiger partial charge in [0.1, 0.15) is 5.82 Å². The topological polar surface area (TPSA) is 62.3 Å². The van der Waals surface area contributed by atoms with Gasteiger partial charge in [0.25, 0.3) is 0 Å². The lowest BCUT2D eigenvalue weighted by molar-refractivity contribution is -0.0496. The Morgan fingerprint density at radius 1 is 1.19 bits per heavy atom. The van der Waals surface area contributed by atoms with Crippen molar-refractivity contribution in [3.8, 4) is 11.3 Å². The van der Waals surface area contributed by atoms with Crippen LogP contribution in [-0.2, 0) is 10.0 Å². The molecule has 0 spiro atoms. The number of thiazole rings is 1. The molecular formula is C16H17F4N3O2S2. The minimum Gasteiger partial charge on any atom is -0.361 e. The molecule has 1 aromatic carbocycles. The lowest BCUT2D eigenvalue weighted by Crippen LogP contribution is -2.45. The zero-order valence-corrected chi connectivity index (χ0v) is 15.7. The molecule has 1 aromatic heterocycles. The summed E-state index contributed by atoms with van der Waals surface area (Å²) >= 11 is 1.37. The molecule has 5 nitrogen and oxygen atoms in total. The Bertz CT molecular complexity index is 874. The number of aromatic nitrogens is 1. The maximum Gasteiger partial charge on any atom is 0.511 e. The van der Waals surface area contributed by atoms with Crippen LogP contribution in [0.4, 0.5) is 22.7 Å². The molecule has 2 heterocycles. The predicted molar refractivity (Wildman–Crippen MR) is 95.3 cm³/mol. The standard InChI is InChI=1S/C16H17F4N3O2S2/c17-13-3-1-12(2-4-13)14-10-26-15(22-14)21-9-11-5-7-23(8-6-11)27(24,25)16(18,19)20/h1-4,10-11H,5-9H2,(H,21,22). The van der Waals surface area contributed by atoms with Gasteiger partial charge in [0.15, 0.2) is 5.13 Å². The monoisotopic (exact) mass is 423 g/mol. The summed E-state index contributed by atoms with van der Waals surface area (Å²) in [6, 6.07) is 5.96. The Labute approximate surface area is 158 Å². The Kier molecular flexibility index (Phi) is 5.73. The number of sulfonamides is 1. The molecule has 0 bridgehead atoms. The summed E-state index contributed by atoms with van der Waals surface area (Å²) in [4.78, 5) is 4.41. The van der Waals surface area contributed by atoms with Crippen molar-refractivity contribution >= 4 is 26.5 Å². The van der Waals surface area contributed by atoms with E-state index in [2.05, 4.69) is 10.3 Å². The Hall–Kier alpha value is -1.72. The number of nitrogens with one attached hydrogen (secondary N) is 1. The first-order chi connectivity index (χ1) is 12.7. The summed E-state index contributed by atoms with van der Waals surface area (Å²) in [6.07, 6.45) is 0.691. The molecule has 148 valence electrons. The highest BCUT2D eigenvalue weighted by Crippen LogP contribution is 2.31. The van der Waals surface area contributed by atoms with Gasteiger partial charge in [0.05, 0.1) is 5.69 Å². The molecule has 27 heavy (non-hydrogen) atoms. The van der Waals surface area contributed by atoms with Crippen LogP contribution in [0.5, 0.6) is 0 Å². The van der Waals surface area contributed by atoms with Gasteiger partial charge >= 0.3 is 15.5 Å². The van der Waals surface area contributed by atoms with Crippen LogP contribution in [0.15, 0.2) is 29.6 Å². The van der Waals surface area contributed by atoms with E-state index in [0.717, 1.165) is 5.56 Å². The summed E-state index contributed by atoms with van der Waals surface area (Å²) in [5.74, 6) is -0.269. The van der Waals surface area contributed by atoms with Gasteiger partial charge in [0.2, 0.25) is 0 Å². The summed E-state index contributed by atoms with van der Waals surface area (Å²) in [5, 5.41) is 5.62. The van der Waals surface area contributed by atoms with E-state index in [0.29, 0.717) is 34.5 Å². The second-order valence-corrected chi connectivity index (χ2v) is 9.01. The van der Waals surface area contributed by atoms with Crippen LogP contribution in [0, 0.1) is 11.7 Å². The van der Waals surface area contributed by atoms with E-state index in [-0.39, 0.29) is 24.8 Å². The third-order valence-electron chi connectivity index (χ3n) is 4.39. The van der Waals surface area contributed by atoms with E-state index in [9.17, 15) is 26.0 Å². The molecule has 0 aliphatic carbocycles. The van der Waals surface area contributed by atoms with Gasteiger partial charge in [-0.15, -0.1) is 11.3 Å². The number of hydrogen-bond donors (Lipinski definition) is 1. The fraction of sp³-hybridized carbons (Fsp3) is 0.438. The van der Waals surface area contributed by atoms with Crippen LogP contribution in [0.1, 0.15) is 12.8 Å². The number of hydrogen-bond acceptors (Lipinski definition) is 5. The molecule has 11 heteroatoms. The van der Waals surface area contributed by atoms with Crippen LogP contribution in [0.2, 0.25) is 0 Å². The Morgan fingerprint density at radius 2 is 1.81 bits per heavy atom. The van der Waals surface area contributed by atoms with Gasteiger partial charge in [-0.05, 0) is 43.0 Å². The molecule has 0 amide bonds. The van der Waals surface area contributed by atoms with E-state index >= 15 is 0 Å². The van der Waals surface area contributed by atoms with Crippen molar-refractivity contribution in [3.05, 3.63) is 35.5 Å². The lowest BCUT2D eigenvalue weighted by atomic mass is 9.98. The zero-order valence-electron chi connectivity index (χ0n) is 14.0. The van der Waals surface area contributed by atoms with Crippen LogP contribution in [0.25, 0.3) is 11.3 Å². The van der Waals surface area contributed by atoms with Gasteiger partial charge in [-0.25, -0.2) is 17.8 Å². The number of benzene rings is 1. The maximum atomic E-state index is 13.0. The number of rotatable bonds is 5. The third kappa shape index (κ3) is 4.58. The lowest BCUT2D eigenvalue weighted by Gasteiger charge is -2.31.